The second-order valence-electron chi connectivity index (χ2n) is 5.44. The molecular formula is C19H17ClFNO3. The first-order valence-electron chi connectivity index (χ1n) is 7.56. The maximum Gasteiger partial charge on any atom is 0.331 e. The Morgan fingerprint density at radius 1 is 1.20 bits per heavy atom. The smallest absolute Gasteiger partial charge is 0.331 e. The van der Waals surface area contributed by atoms with Crippen molar-refractivity contribution in [2.75, 3.05) is 5.32 Å². The number of amides is 1. The summed E-state index contributed by atoms with van der Waals surface area (Å²) in [5.41, 5.74) is 2.23. The van der Waals surface area contributed by atoms with Gasteiger partial charge in [-0.2, -0.15) is 0 Å². The summed E-state index contributed by atoms with van der Waals surface area (Å²) in [5, 5.41) is 2.62. The summed E-state index contributed by atoms with van der Waals surface area (Å²) in [7, 11) is 0. The molecule has 0 heterocycles. The van der Waals surface area contributed by atoms with Gasteiger partial charge in [-0.3, -0.25) is 4.79 Å². The van der Waals surface area contributed by atoms with E-state index in [1.54, 1.807) is 12.1 Å². The van der Waals surface area contributed by atoms with E-state index in [0.717, 1.165) is 11.6 Å². The molecule has 0 saturated carbocycles. The Balaban J connectivity index is 1.90. The number of anilines is 1. The van der Waals surface area contributed by atoms with Gasteiger partial charge >= 0.3 is 5.97 Å². The molecule has 1 amide bonds. The fraction of sp³-hybridized carbons (Fsp3) is 0.158. The summed E-state index contributed by atoms with van der Waals surface area (Å²) in [6, 6.07) is 11.3. The van der Waals surface area contributed by atoms with Crippen molar-refractivity contribution in [2.45, 2.75) is 20.0 Å². The molecule has 0 aliphatic carbocycles. The first-order valence-corrected chi connectivity index (χ1v) is 7.94. The molecule has 2 aromatic carbocycles. The monoisotopic (exact) mass is 361 g/mol. The van der Waals surface area contributed by atoms with Crippen LogP contribution in [0, 0.1) is 12.7 Å². The number of benzene rings is 2. The Morgan fingerprint density at radius 3 is 2.52 bits per heavy atom. The highest BCUT2D eigenvalue weighted by Crippen LogP contribution is 2.17. The van der Waals surface area contributed by atoms with Crippen molar-refractivity contribution in [1.82, 2.24) is 0 Å². The van der Waals surface area contributed by atoms with Crippen molar-refractivity contribution >= 4 is 35.2 Å². The van der Waals surface area contributed by atoms with E-state index in [2.05, 4.69) is 5.32 Å². The number of carbonyl (C=O) groups excluding carboxylic acids is 2. The molecular weight excluding hydrogens is 345 g/mol. The fourth-order valence-electron chi connectivity index (χ4n) is 1.93. The predicted octanol–water partition coefficient (Wildman–Crippen LogP) is 4.37. The first kappa shape index (κ1) is 18.7. The van der Waals surface area contributed by atoms with E-state index in [0.29, 0.717) is 11.3 Å². The van der Waals surface area contributed by atoms with E-state index >= 15 is 0 Å². The van der Waals surface area contributed by atoms with E-state index in [9.17, 15) is 14.0 Å². The number of hydrogen-bond acceptors (Lipinski definition) is 3. The summed E-state index contributed by atoms with van der Waals surface area (Å²) in [6.45, 7) is 3.42. The van der Waals surface area contributed by atoms with Gasteiger partial charge in [0.1, 0.15) is 5.82 Å². The van der Waals surface area contributed by atoms with Crippen LogP contribution in [0.15, 0.2) is 48.5 Å². The minimum absolute atomic E-state index is 0.0404. The lowest BCUT2D eigenvalue weighted by molar-refractivity contribution is -0.148. The first-order chi connectivity index (χ1) is 11.8. The van der Waals surface area contributed by atoms with Crippen molar-refractivity contribution in [1.29, 1.82) is 0 Å². The summed E-state index contributed by atoms with van der Waals surface area (Å²) >= 11 is 5.66. The van der Waals surface area contributed by atoms with Gasteiger partial charge in [-0.25, -0.2) is 9.18 Å². The van der Waals surface area contributed by atoms with Gasteiger partial charge in [-0.05, 0) is 49.8 Å². The Bertz CT molecular complexity index is 803. The van der Waals surface area contributed by atoms with E-state index in [1.165, 1.54) is 31.2 Å². The van der Waals surface area contributed by atoms with Crippen LogP contribution in [0.1, 0.15) is 18.1 Å². The summed E-state index contributed by atoms with van der Waals surface area (Å²) < 4.78 is 18.1. The Kier molecular flexibility index (Phi) is 6.31. The van der Waals surface area contributed by atoms with Crippen molar-refractivity contribution in [3.8, 4) is 0 Å². The topological polar surface area (TPSA) is 55.4 Å². The minimum Gasteiger partial charge on any atom is -0.449 e. The van der Waals surface area contributed by atoms with E-state index in [-0.39, 0.29) is 5.02 Å². The Morgan fingerprint density at radius 2 is 1.88 bits per heavy atom. The van der Waals surface area contributed by atoms with E-state index < -0.39 is 23.8 Å². The van der Waals surface area contributed by atoms with Crippen molar-refractivity contribution in [3.05, 3.63) is 70.5 Å². The minimum atomic E-state index is -0.963. The number of nitrogens with one attached hydrogen (secondary N) is 1. The van der Waals surface area contributed by atoms with Crippen LogP contribution in [0.4, 0.5) is 10.1 Å². The number of carbonyl (C=O) groups is 2. The summed E-state index contributed by atoms with van der Waals surface area (Å²) in [5.74, 6) is -1.66. The lowest BCUT2D eigenvalue weighted by Crippen LogP contribution is -2.29. The number of rotatable bonds is 5. The van der Waals surface area contributed by atoms with Gasteiger partial charge in [0.25, 0.3) is 5.91 Å². The number of ether oxygens (including phenoxy) is 1. The zero-order valence-corrected chi connectivity index (χ0v) is 14.5. The van der Waals surface area contributed by atoms with Crippen LogP contribution < -0.4 is 5.32 Å². The van der Waals surface area contributed by atoms with Gasteiger partial charge in [-0.1, -0.05) is 35.4 Å². The average Bonchev–Trinajstić information content (AvgIpc) is 2.58. The third-order valence-electron chi connectivity index (χ3n) is 3.34. The Labute approximate surface area is 150 Å². The van der Waals surface area contributed by atoms with Crippen LogP contribution in [0.2, 0.25) is 5.02 Å². The normalized spacial score (nSPS) is 12.0. The standard InChI is InChI=1S/C19H17ClFNO3/c1-12-3-7-15(8-4-12)22-19(24)13(2)25-18(23)10-6-14-5-9-17(21)16(20)11-14/h3-11,13H,1-2H3,(H,22,24)/b10-6+/t13-/m1/s1. The average molecular weight is 362 g/mol. The fourth-order valence-corrected chi connectivity index (χ4v) is 2.12. The maximum atomic E-state index is 13.1. The molecule has 4 nitrogen and oxygen atoms in total. The molecule has 0 aliphatic heterocycles. The summed E-state index contributed by atoms with van der Waals surface area (Å²) in [4.78, 5) is 23.8. The number of halogens is 2. The molecule has 0 radical (unpaired) electrons. The highest BCUT2D eigenvalue weighted by atomic mass is 35.5. The molecule has 1 atom stereocenters. The molecule has 25 heavy (non-hydrogen) atoms. The Hall–Kier alpha value is -2.66. The van der Waals surface area contributed by atoms with Crippen LogP contribution >= 0.6 is 11.6 Å². The molecule has 0 spiro atoms. The molecule has 0 unspecified atom stereocenters. The third-order valence-corrected chi connectivity index (χ3v) is 3.63. The molecule has 6 heteroatoms. The molecule has 0 aromatic heterocycles. The molecule has 1 N–H and O–H groups in total. The van der Waals surface area contributed by atoms with Crippen LogP contribution in [-0.4, -0.2) is 18.0 Å². The van der Waals surface area contributed by atoms with Crippen molar-refractivity contribution < 1.29 is 18.7 Å². The second-order valence-corrected chi connectivity index (χ2v) is 5.85. The quantitative estimate of drug-likeness (QED) is 0.635. The van der Waals surface area contributed by atoms with Crippen LogP contribution in [0.3, 0.4) is 0 Å². The number of esters is 1. The van der Waals surface area contributed by atoms with Crippen LogP contribution in [0.5, 0.6) is 0 Å². The SMILES string of the molecule is Cc1ccc(NC(=O)[C@@H](C)OC(=O)/C=C/c2ccc(F)c(Cl)c2)cc1. The van der Waals surface area contributed by atoms with Gasteiger partial charge in [0.15, 0.2) is 6.10 Å². The predicted molar refractivity (Wildman–Crippen MR) is 95.8 cm³/mol. The molecule has 0 saturated heterocycles. The zero-order valence-electron chi connectivity index (χ0n) is 13.8. The molecule has 0 bridgehead atoms. The number of hydrogen-bond donors (Lipinski definition) is 1. The number of aryl methyl sites for hydroxylation is 1. The van der Waals surface area contributed by atoms with Crippen molar-refractivity contribution in [2.24, 2.45) is 0 Å². The van der Waals surface area contributed by atoms with Gasteiger partial charge < -0.3 is 10.1 Å². The summed E-state index contributed by atoms with van der Waals surface area (Å²) in [6.07, 6.45) is 1.62. The molecule has 0 fully saturated rings. The molecule has 2 aromatic rings. The highest BCUT2D eigenvalue weighted by molar-refractivity contribution is 6.30. The van der Waals surface area contributed by atoms with Crippen molar-refractivity contribution in [3.63, 3.8) is 0 Å². The lowest BCUT2D eigenvalue weighted by Gasteiger charge is -2.12. The van der Waals surface area contributed by atoms with Crippen LogP contribution in [0.25, 0.3) is 6.08 Å². The second kappa shape index (κ2) is 8.44. The van der Waals surface area contributed by atoms with Crippen LogP contribution in [-0.2, 0) is 14.3 Å². The lowest BCUT2D eigenvalue weighted by atomic mass is 10.2. The van der Waals surface area contributed by atoms with Gasteiger partial charge in [0.2, 0.25) is 0 Å². The molecule has 130 valence electrons. The van der Waals surface area contributed by atoms with Gasteiger partial charge in [-0.15, -0.1) is 0 Å². The molecule has 0 aliphatic rings. The van der Waals surface area contributed by atoms with Gasteiger partial charge in [0, 0.05) is 11.8 Å². The van der Waals surface area contributed by atoms with E-state index in [4.69, 9.17) is 16.3 Å². The highest BCUT2D eigenvalue weighted by Gasteiger charge is 2.16. The van der Waals surface area contributed by atoms with E-state index in [1.807, 2.05) is 19.1 Å². The van der Waals surface area contributed by atoms with Gasteiger partial charge in [0.05, 0.1) is 5.02 Å². The maximum absolute atomic E-state index is 13.1. The largest absolute Gasteiger partial charge is 0.449 e. The third kappa shape index (κ3) is 5.72. The molecule has 2 rings (SSSR count). The zero-order chi connectivity index (χ0) is 18.4.